The zero-order valence-electron chi connectivity index (χ0n) is 21.5. The lowest BCUT2D eigenvalue weighted by Crippen LogP contribution is -2.30. The molecule has 0 aromatic heterocycles. The van der Waals surface area contributed by atoms with E-state index < -0.39 is 23.6 Å². The first-order valence-electron chi connectivity index (χ1n) is 12.9. The number of fused-ring (bicyclic) bond motifs is 1. The van der Waals surface area contributed by atoms with Gasteiger partial charge >= 0.3 is 5.97 Å². The predicted octanol–water partition coefficient (Wildman–Crippen LogP) is 6.77. The van der Waals surface area contributed by atoms with Crippen LogP contribution in [0.2, 0.25) is 0 Å². The van der Waals surface area contributed by atoms with E-state index >= 15 is 0 Å². The summed E-state index contributed by atoms with van der Waals surface area (Å²) in [7, 11) is 0. The van der Waals surface area contributed by atoms with Crippen molar-refractivity contribution < 1.29 is 23.5 Å². The van der Waals surface area contributed by atoms with E-state index in [0.717, 1.165) is 53.9 Å². The molecule has 5 rings (SSSR count). The Kier molecular flexibility index (Phi) is 7.41. The topological polar surface area (TPSA) is 69.6 Å². The number of nitrogens with zero attached hydrogens (tertiary/aromatic N) is 1. The summed E-state index contributed by atoms with van der Waals surface area (Å²) in [5.74, 6) is -3.09. The quantitative estimate of drug-likeness (QED) is 0.279. The van der Waals surface area contributed by atoms with Gasteiger partial charge in [0.05, 0.1) is 11.6 Å². The third kappa shape index (κ3) is 5.67. The number of amides is 1. The van der Waals surface area contributed by atoms with E-state index in [0.29, 0.717) is 23.2 Å². The average Bonchev–Trinajstić information content (AvgIpc) is 2.94. The highest BCUT2D eigenvalue weighted by Crippen LogP contribution is 2.31. The molecule has 2 N–H and O–H groups in total. The second-order valence-corrected chi connectivity index (χ2v) is 9.78. The molecule has 1 atom stereocenters. The number of hydrogen-bond donors (Lipinski definition) is 2. The number of carboxylic acid groups (broad SMARTS) is 1. The molecule has 4 aromatic rings. The number of halogens is 2. The number of anilines is 1. The smallest absolute Gasteiger partial charge is 0.336 e. The maximum atomic E-state index is 13.6. The van der Waals surface area contributed by atoms with Crippen LogP contribution in [0.15, 0.2) is 84.9 Å². The summed E-state index contributed by atoms with van der Waals surface area (Å²) in [6, 6.07) is 23.7. The van der Waals surface area contributed by atoms with Crippen LogP contribution in [0.1, 0.15) is 56.8 Å². The molecule has 5 nitrogen and oxygen atoms in total. The molecule has 0 saturated heterocycles. The van der Waals surface area contributed by atoms with Crippen molar-refractivity contribution in [1.82, 2.24) is 5.32 Å². The number of nitrogens with one attached hydrogen (secondary N) is 1. The normalized spacial score (nSPS) is 13.5. The van der Waals surface area contributed by atoms with Gasteiger partial charge in [-0.1, -0.05) is 48.5 Å². The molecule has 0 aliphatic carbocycles. The highest BCUT2D eigenvalue weighted by molar-refractivity contribution is 5.96. The molecular formula is C32H28F2N2O3. The van der Waals surface area contributed by atoms with Gasteiger partial charge in [0.2, 0.25) is 0 Å². The maximum absolute atomic E-state index is 13.6. The second kappa shape index (κ2) is 11.1. The molecule has 198 valence electrons. The van der Waals surface area contributed by atoms with Crippen LogP contribution >= 0.6 is 0 Å². The van der Waals surface area contributed by atoms with E-state index in [1.54, 1.807) is 25.1 Å². The van der Waals surface area contributed by atoms with Gasteiger partial charge in [-0.05, 0) is 84.0 Å². The molecule has 1 amide bonds. The van der Waals surface area contributed by atoms with Crippen LogP contribution in [0.4, 0.5) is 14.5 Å². The van der Waals surface area contributed by atoms with Gasteiger partial charge in [0.25, 0.3) is 5.91 Å². The van der Waals surface area contributed by atoms with E-state index in [-0.39, 0.29) is 11.5 Å². The SMILES string of the molecule is C[C@H](NC(=O)c1ccc2c(c1)CCCN2Cc1ccc(-c2ccccc2C(=O)O)cc1)c1ccc(F)c(F)c1. The molecule has 0 spiro atoms. The first-order valence-corrected chi connectivity index (χ1v) is 12.9. The van der Waals surface area contributed by atoms with Gasteiger partial charge in [0.1, 0.15) is 0 Å². The monoisotopic (exact) mass is 526 g/mol. The largest absolute Gasteiger partial charge is 0.478 e. The number of benzene rings is 4. The van der Waals surface area contributed by atoms with Crippen LogP contribution in [0.25, 0.3) is 11.1 Å². The molecular weight excluding hydrogens is 498 g/mol. The van der Waals surface area contributed by atoms with Crippen LogP contribution < -0.4 is 10.2 Å². The fourth-order valence-corrected chi connectivity index (χ4v) is 5.06. The van der Waals surface area contributed by atoms with E-state index in [2.05, 4.69) is 10.2 Å². The molecule has 0 saturated carbocycles. The van der Waals surface area contributed by atoms with Crippen molar-refractivity contribution in [1.29, 1.82) is 0 Å². The lowest BCUT2D eigenvalue weighted by molar-refractivity contribution is 0.0697. The number of hydrogen-bond acceptors (Lipinski definition) is 3. The molecule has 0 unspecified atom stereocenters. The minimum Gasteiger partial charge on any atom is -0.478 e. The van der Waals surface area contributed by atoms with Gasteiger partial charge in [0, 0.05) is 24.3 Å². The maximum Gasteiger partial charge on any atom is 0.336 e. The van der Waals surface area contributed by atoms with Crippen LogP contribution in [0.3, 0.4) is 0 Å². The summed E-state index contributed by atoms with van der Waals surface area (Å²) in [4.78, 5) is 26.8. The van der Waals surface area contributed by atoms with Gasteiger partial charge in [-0.15, -0.1) is 0 Å². The van der Waals surface area contributed by atoms with Crippen molar-refractivity contribution >= 4 is 17.6 Å². The Hall–Kier alpha value is -4.52. The fourth-order valence-electron chi connectivity index (χ4n) is 5.06. The number of rotatable bonds is 7. The Bertz CT molecular complexity index is 1540. The summed E-state index contributed by atoms with van der Waals surface area (Å²) in [6.45, 7) is 3.30. The van der Waals surface area contributed by atoms with Crippen LogP contribution in [0, 0.1) is 11.6 Å². The lowest BCUT2D eigenvalue weighted by Gasteiger charge is -2.32. The number of aromatic carboxylic acids is 1. The number of carbonyl (C=O) groups excluding carboxylic acids is 1. The predicted molar refractivity (Wildman–Crippen MR) is 147 cm³/mol. The van der Waals surface area contributed by atoms with Gasteiger partial charge in [-0.2, -0.15) is 0 Å². The zero-order chi connectivity index (χ0) is 27.5. The van der Waals surface area contributed by atoms with Crippen LogP contribution in [-0.4, -0.2) is 23.5 Å². The third-order valence-electron chi connectivity index (χ3n) is 7.14. The first-order chi connectivity index (χ1) is 18.8. The van der Waals surface area contributed by atoms with E-state index in [1.165, 1.54) is 6.07 Å². The summed E-state index contributed by atoms with van der Waals surface area (Å²) in [6.07, 6.45) is 1.81. The van der Waals surface area contributed by atoms with Crippen molar-refractivity contribution in [2.24, 2.45) is 0 Å². The molecule has 1 aliphatic heterocycles. The molecule has 1 heterocycles. The summed E-state index contributed by atoms with van der Waals surface area (Å²) in [5, 5.41) is 12.4. The molecule has 0 fully saturated rings. The lowest BCUT2D eigenvalue weighted by atomic mass is 9.97. The van der Waals surface area contributed by atoms with Crippen molar-refractivity contribution in [2.75, 3.05) is 11.4 Å². The van der Waals surface area contributed by atoms with E-state index in [1.807, 2.05) is 48.5 Å². The molecule has 39 heavy (non-hydrogen) atoms. The average molecular weight is 527 g/mol. The molecule has 1 aliphatic rings. The van der Waals surface area contributed by atoms with E-state index in [9.17, 15) is 23.5 Å². The minimum absolute atomic E-state index is 0.272. The van der Waals surface area contributed by atoms with Crippen molar-refractivity contribution in [3.05, 3.63) is 124 Å². The summed E-state index contributed by atoms with van der Waals surface area (Å²) in [5.41, 5.74) is 6.08. The van der Waals surface area contributed by atoms with Crippen molar-refractivity contribution in [2.45, 2.75) is 32.4 Å². The van der Waals surface area contributed by atoms with Crippen LogP contribution in [0.5, 0.6) is 0 Å². The van der Waals surface area contributed by atoms with Gasteiger partial charge in [-0.25, -0.2) is 13.6 Å². The number of carbonyl (C=O) groups is 2. The standard InChI is InChI=1S/C32H28F2N2O3/c1-20(23-12-14-28(33)29(34)18-23)35-31(37)25-13-15-30-24(17-25)5-4-16-36(30)19-21-8-10-22(11-9-21)26-6-2-3-7-27(26)32(38)39/h2-3,6-15,17-18,20H,4-5,16,19H2,1H3,(H,35,37)(H,38,39)/t20-/m0/s1. The number of aryl methyl sites for hydroxylation is 1. The molecule has 0 bridgehead atoms. The van der Waals surface area contributed by atoms with Gasteiger partial charge in [-0.3, -0.25) is 4.79 Å². The fraction of sp³-hybridized carbons (Fsp3) is 0.188. The highest BCUT2D eigenvalue weighted by atomic mass is 19.2. The van der Waals surface area contributed by atoms with Crippen molar-refractivity contribution in [3.63, 3.8) is 0 Å². The summed E-state index contributed by atoms with van der Waals surface area (Å²) >= 11 is 0. The zero-order valence-corrected chi connectivity index (χ0v) is 21.5. The third-order valence-corrected chi connectivity index (χ3v) is 7.14. The Labute approximate surface area is 225 Å². The minimum atomic E-state index is -0.952. The molecule has 4 aromatic carbocycles. The van der Waals surface area contributed by atoms with Gasteiger partial charge < -0.3 is 15.3 Å². The van der Waals surface area contributed by atoms with Crippen molar-refractivity contribution in [3.8, 4) is 11.1 Å². The molecule has 7 heteroatoms. The number of carboxylic acids is 1. The van der Waals surface area contributed by atoms with E-state index in [4.69, 9.17) is 0 Å². The Morgan fingerprint density at radius 1 is 0.949 bits per heavy atom. The Balaban J connectivity index is 1.29. The Morgan fingerprint density at radius 3 is 2.46 bits per heavy atom. The molecule has 0 radical (unpaired) electrons. The highest BCUT2D eigenvalue weighted by Gasteiger charge is 2.20. The summed E-state index contributed by atoms with van der Waals surface area (Å²) < 4.78 is 26.9. The van der Waals surface area contributed by atoms with Crippen LogP contribution in [-0.2, 0) is 13.0 Å². The first kappa shape index (κ1) is 26.1. The Morgan fingerprint density at radius 2 is 1.72 bits per heavy atom. The second-order valence-electron chi connectivity index (χ2n) is 9.78. The van der Waals surface area contributed by atoms with Gasteiger partial charge in [0.15, 0.2) is 11.6 Å².